The Morgan fingerprint density at radius 1 is 1.39 bits per heavy atom. The van der Waals surface area contributed by atoms with E-state index in [1.165, 1.54) is 6.92 Å². The molecule has 2 saturated heterocycles. The van der Waals surface area contributed by atoms with E-state index in [-0.39, 0.29) is 12.0 Å². The number of fused-ring (bicyclic) bond motifs is 2. The molecule has 2 fully saturated rings. The molecule has 0 amide bonds. The number of aliphatic hydroxyl groups is 1. The molecule has 154 valence electrons. The van der Waals surface area contributed by atoms with Crippen LogP contribution in [0.4, 0.5) is 0 Å². The number of ether oxygens (including phenoxy) is 3. The number of esters is 2. The van der Waals surface area contributed by atoms with E-state index in [1.807, 2.05) is 26.0 Å². The molecule has 28 heavy (non-hydrogen) atoms. The smallest absolute Gasteiger partial charge is 0.334 e. The summed E-state index contributed by atoms with van der Waals surface area (Å²) in [6.07, 6.45) is 6.80. The van der Waals surface area contributed by atoms with Crippen molar-refractivity contribution in [1.29, 1.82) is 0 Å². The van der Waals surface area contributed by atoms with Crippen LogP contribution in [0, 0.1) is 5.92 Å². The summed E-state index contributed by atoms with van der Waals surface area (Å²) in [5.74, 6) is -1.08. The third-order valence-electron chi connectivity index (χ3n) is 6.02. The largest absolute Gasteiger partial charge is 0.459 e. The van der Waals surface area contributed by atoms with Gasteiger partial charge in [0.2, 0.25) is 0 Å². The van der Waals surface area contributed by atoms with Gasteiger partial charge in [0.25, 0.3) is 0 Å². The first-order valence-electron chi connectivity index (χ1n) is 9.84. The van der Waals surface area contributed by atoms with E-state index in [9.17, 15) is 14.7 Å². The molecule has 0 aromatic carbocycles. The highest BCUT2D eigenvalue weighted by atomic mass is 16.6. The van der Waals surface area contributed by atoms with Crippen LogP contribution in [0.5, 0.6) is 0 Å². The van der Waals surface area contributed by atoms with Crippen LogP contribution in [0.1, 0.15) is 53.4 Å². The molecule has 0 unspecified atom stereocenters. The van der Waals surface area contributed by atoms with Crippen molar-refractivity contribution < 1.29 is 28.9 Å². The molecule has 0 bridgehead atoms. The van der Waals surface area contributed by atoms with Gasteiger partial charge in [-0.3, -0.25) is 4.79 Å². The molecule has 0 saturated carbocycles. The van der Waals surface area contributed by atoms with Crippen molar-refractivity contribution in [2.75, 3.05) is 0 Å². The summed E-state index contributed by atoms with van der Waals surface area (Å²) in [6.45, 7) is 10.9. The second-order valence-corrected chi connectivity index (χ2v) is 8.64. The third-order valence-corrected chi connectivity index (χ3v) is 6.02. The lowest BCUT2D eigenvalue weighted by atomic mass is 9.83. The maximum atomic E-state index is 12.1. The van der Waals surface area contributed by atoms with Gasteiger partial charge in [-0.25, -0.2) is 4.79 Å². The van der Waals surface area contributed by atoms with E-state index in [4.69, 9.17) is 14.2 Å². The minimum Gasteiger partial charge on any atom is -0.459 e. The van der Waals surface area contributed by atoms with Gasteiger partial charge in [-0.2, -0.15) is 0 Å². The number of carbonyl (C=O) groups is 2. The van der Waals surface area contributed by atoms with Gasteiger partial charge in [-0.15, -0.1) is 0 Å². The zero-order valence-corrected chi connectivity index (χ0v) is 17.1. The second-order valence-electron chi connectivity index (χ2n) is 8.64. The number of hydrogen-bond donors (Lipinski definition) is 1. The average Bonchev–Trinajstić information content (AvgIpc) is 3.18. The topological polar surface area (TPSA) is 85.4 Å². The standard InChI is InChI=1S/C22H30O6/c1-13-7-6-9-21(4,25)10-8-18-22(5,28-18)19(26-15(3)23)12-16-14(2)20(24)27-17(16)11-13/h6,9,11,16-19,25H,2,7-8,10,12H2,1,3-5H3/b9-6+,13-11+/t16-,17-,18-,19-,21-,22+/m0/s1. The third kappa shape index (κ3) is 4.39. The molecule has 1 aliphatic carbocycles. The molecule has 0 aromatic rings. The highest BCUT2D eigenvalue weighted by molar-refractivity contribution is 5.91. The Bertz CT molecular complexity index is 733. The lowest BCUT2D eigenvalue weighted by molar-refractivity contribution is -0.151. The van der Waals surface area contributed by atoms with Crippen molar-refractivity contribution in [3.05, 3.63) is 36.0 Å². The van der Waals surface area contributed by atoms with Gasteiger partial charge in [-0.05, 0) is 52.5 Å². The molecular weight excluding hydrogens is 360 g/mol. The number of rotatable bonds is 1. The van der Waals surface area contributed by atoms with Crippen molar-refractivity contribution >= 4 is 11.9 Å². The molecule has 0 spiro atoms. The molecule has 2 heterocycles. The van der Waals surface area contributed by atoms with Gasteiger partial charge in [-0.1, -0.05) is 24.3 Å². The Hall–Kier alpha value is -1.92. The summed E-state index contributed by atoms with van der Waals surface area (Å²) in [5, 5.41) is 10.6. The average molecular weight is 390 g/mol. The molecule has 3 aliphatic rings. The van der Waals surface area contributed by atoms with Crippen LogP contribution in [-0.2, 0) is 23.8 Å². The summed E-state index contributed by atoms with van der Waals surface area (Å²) in [5.41, 5.74) is -0.162. The minimum atomic E-state index is -0.940. The van der Waals surface area contributed by atoms with Crippen LogP contribution >= 0.6 is 0 Å². The zero-order chi connectivity index (χ0) is 20.7. The molecule has 6 heteroatoms. The van der Waals surface area contributed by atoms with Crippen molar-refractivity contribution in [3.8, 4) is 0 Å². The van der Waals surface area contributed by atoms with Crippen LogP contribution in [0.15, 0.2) is 36.0 Å². The van der Waals surface area contributed by atoms with Gasteiger partial charge in [0.15, 0.2) is 0 Å². The quantitative estimate of drug-likeness (QED) is 0.321. The fourth-order valence-corrected chi connectivity index (χ4v) is 4.14. The SMILES string of the molecule is C=C1C(=O)O[C@H]2/C=C(\C)C/C=C/[C@](C)(O)CC[C@@H]3O[C@@]3(C)[C@@H](OC(C)=O)C[C@@H]12. The summed E-state index contributed by atoms with van der Waals surface area (Å²) >= 11 is 0. The van der Waals surface area contributed by atoms with E-state index in [0.29, 0.717) is 31.3 Å². The zero-order valence-electron chi connectivity index (χ0n) is 17.1. The summed E-state index contributed by atoms with van der Waals surface area (Å²) < 4.78 is 17.1. The first kappa shape index (κ1) is 20.8. The lowest BCUT2D eigenvalue weighted by Gasteiger charge is -2.26. The van der Waals surface area contributed by atoms with E-state index < -0.39 is 35.3 Å². The number of allylic oxidation sites excluding steroid dienone is 2. The predicted octanol–water partition coefficient (Wildman–Crippen LogP) is 3.00. The van der Waals surface area contributed by atoms with Crippen LogP contribution < -0.4 is 0 Å². The van der Waals surface area contributed by atoms with Gasteiger partial charge < -0.3 is 19.3 Å². The maximum absolute atomic E-state index is 12.1. The van der Waals surface area contributed by atoms with Gasteiger partial charge >= 0.3 is 11.9 Å². The Morgan fingerprint density at radius 3 is 2.79 bits per heavy atom. The van der Waals surface area contributed by atoms with Crippen LogP contribution in [0.3, 0.4) is 0 Å². The number of hydrogen-bond acceptors (Lipinski definition) is 6. The lowest BCUT2D eigenvalue weighted by Crippen LogP contribution is -2.37. The normalized spacial score (nSPS) is 44.2. The van der Waals surface area contributed by atoms with Crippen LogP contribution in [-0.4, -0.2) is 46.6 Å². The van der Waals surface area contributed by atoms with Crippen LogP contribution in [0.2, 0.25) is 0 Å². The minimum absolute atomic E-state index is 0.123. The van der Waals surface area contributed by atoms with E-state index >= 15 is 0 Å². The van der Waals surface area contributed by atoms with Gasteiger partial charge in [0.1, 0.15) is 17.8 Å². The molecule has 3 rings (SSSR count). The Labute approximate surface area is 166 Å². The maximum Gasteiger partial charge on any atom is 0.334 e. The van der Waals surface area contributed by atoms with Crippen molar-refractivity contribution in [3.63, 3.8) is 0 Å². The second kappa shape index (κ2) is 7.48. The molecule has 0 radical (unpaired) electrons. The molecule has 6 nitrogen and oxygen atoms in total. The molecule has 0 aromatic heterocycles. The summed E-state index contributed by atoms with van der Waals surface area (Å²) in [4.78, 5) is 23.9. The monoisotopic (exact) mass is 390 g/mol. The van der Waals surface area contributed by atoms with E-state index in [0.717, 1.165) is 5.57 Å². The Morgan fingerprint density at radius 2 is 2.11 bits per heavy atom. The summed E-state index contributed by atoms with van der Waals surface area (Å²) in [7, 11) is 0. The molecule has 6 atom stereocenters. The predicted molar refractivity (Wildman–Crippen MR) is 103 cm³/mol. The fourth-order valence-electron chi connectivity index (χ4n) is 4.14. The Balaban J connectivity index is 1.93. The Kier molecular flexibility index (Phi) is 5.56. The fraction of sp³-hybridized carbons (Fsp3) is 0.636. The highest BCUT2D eigenvalue weighted by Crippen LogP contribution is 2.47. The van der Waals surface area contributed by atoms with Gasteiger partial charge in [0.05, 0.1) is 11.7 Å². The number of epoxide rings is 1. The van der Waals surface area contributed by atoms with Crippen molar-refractivity contribution in [2.24, 2.45) is 5.92 Å². The van der Waals surface area contributed by atoms with E-state index in [2.05, 4.69) is 6.58 Å². The first-order valence-corrected chi connectivity index (χ1v) is 9.84. The molecular formula is C22H30O6. The number of carbonyl (C=O) groups excluding carboxylic acids is 2. The molecule has 1 N–H and O–H groups in total. The summed E-state index contributed by atoms with van der Waals surface area (Å²) in [6, 6.07) is 0. The van der Waals surface area contributed by atoms with Crippen molar-refractivity contribution in [1.82, 2.24) is 0 Å². The van der Waals surface area contributed by atoms with Crippen molar-refractivity contribution in [2.45, 2.75) is 82.9 Å². The van der Waals surface area contributed by atoms with Crippen LogP contribution in [0.25, 0.3) is 0 Å². The first-order chi connectivity index (χ1) is 13.0. The van der Waals surface area contributed by atoms with Gasteiger partial charge in [0, 0.05) is 18.4 Å². The highest BCUT2D eigenvalue weighted by Gasteiger charge is 2.60. The van der Waals surface area contributed by atoms with E-state index in [1.54, 1.807) is 13.0 Å². The molecule has 2 aliphatic heterocycles.